The fourth-order valence-electron chi connectivity index (χ4n) is 4.22. The van der Waals surface area contributed by atoms with Crippen LogP contribution < -0.4 is 10.1 Å². The predicted octanol–water partition coefficient (Wildman–Crippen LogP) is 4.56. The summed E-state index contributed by atoms with van der Waals surface area (Å²) in [6.07, 6.45) is 4.39. The number of nitrogens with zero attached hydrogens (tertiary/aromatic N) is 4. The third-order valence-corrected chi connectivity index (χ3v) is 6.28. The number of nitrogens with one attached hydrogen (secondary N) is 2. The first kappa shape index (κ1) is 21.8. The van der Waals surface area contributed by atoms with E-state index >= 15 is 0 Å². The molecule has 0 radical (unpaired) electrons. The number of aromatic amines is 1. The normalized spacial score (nSPS) is 13.9. The number of carbonyl (C=O) groups excluding carboxylic acids is 1. The van der Waals surface area contributed by atoms with E-state index in [4.69, 9.17) is 4.74 Å². The molecule has 0 spiro atoms. The van der Waals surface area contributed by atoms with Gasteiger partial charge in [0, 0.05) is 29.1 Å². The predicted molar refractivity (Wildman–Crippen MR) is 129 cm³/mol. The van der Waals surface area contributed by atoms with Crippen molar-refractivity contribution in [1.82, 2.24) is 25.6 Å². The van der Waals surface area contributed by atoms with E-state index < -0.39 is 5.41 Å². The minimum Gasteiger partial charge on any atom is -0.478 e. The van der Waals surface area contributed by atoms with Crippen molar-refractivity contribution in [2.75, 3.05) is 11.9 Å². The van der Waals surface area contributed by atoms with Gasteiger partial charge in [0.15, 0.2) is 0 Å². The van der Waals surface area contributed by atoms with Gasteiger partial charge in [0.05, 0.1) is 12.0 Å². The molecule has 2 aromatic heterocycles. The van der Waals surface area contributed by atoms with Crippen LogP contribution in [0.1, 0.15) is 37.8 Å². The summed E-state index contributed by atoms with van der Waals surface area (Å²) in [6, 6.07) is 17.8. The van der Waals surface area contributed by atoms with Crippen molar-refractivity contribution in [3.8, 4) is 28.4 Å². The van der Waals surface area contributed by atoms with E-state index in [0.717, 1.165) is 41.5 Å². The highest BCUT2D eigenvalue weighted by molar-refractivity contribution is 6.02. The van der Waals surface area contributed by atoms with Crippen LogP contribution in [-0.2, 0) is 16.6 Å². The van der Waals surface area contributed by atoms with E-state index in [9.17, 15) is 4.79 Å². The summed E-state index contributed by atoms with van der Waals surface area (Å²) in [6.45, 7) is 4.60. The Morgan fingerprint density at radius 1 is 1.09 bits per heavy atom. The number of ether oxygens (including phenoxy) is 1. The summed E-state index contributed by atoms with van der Waals surface area (Å²) in [5, 5.41) is 17.7. The summed E-state index contributed by atoms with van der Waals surface area (Å²) >= 11 is 0. The Hall–Kier alpha value is -4.07. The Bertz CT molecular complexity index is 1300. The van der Waals surface area contributed by atoms with Crippen LogP contribution in [-0.4, -0.2) is 38.1 Å². The summed E-state index contributed by atoms with van der Waals surface area (Å²) < 4.78 is 5.45. The van der Waals surface area contributed by atoms with Crippen LogP contribution in [0.5, 0.6) is 5.88 Å². The first-order chi connectivity index (χ1) is 16.6. The molecule has 0 aliphatic heterocycles. The number of tetrazole rings is 1. The smallest absolute Gasteiger partial charge is 0.235 e. The average Bonchev–Trinajstić information content (AvgIpc) is 3.51. The van der Waals surface area contributed by atoms with E-state index in [2.05, 4.69) is 56.0 Å². The Labute approximate surface area is 197 Å². The van der Waals surface area contributed by atoms with Gasteiger partial charge in [0.1, 0.15) is 0 Å². The lowest BCUT2D eigenvalue weighted by atomic mass is 9.92. The van der Waals surface area contributed by atoms with Crippen LogP contribution in [0.4, 0.5) is 5.69 Å². The second-order valence-corrected chi connectivity index (χ2v) is 8.40. The maximum Gasteiger partial charge on any atom is 0.235 e. The molecule has 0 atom stereocenters. The fourth-order valence-corrected chi connectivity index (χ4v) is 4.22. The zero-order chi connectivity index (χ0) is 23.5. The summed E-state index contributed by atoms with van der Waals surface area (Å²) in [7, 11) is 0. The molecule has 8 nitrogen and oxygen atoms in total. The number of aromatic nitrogens is 5. The first-order valence-corrected chi connectivity index (χ1v) is 11.5. The van der Waals surface area contributed by atoms with Crippen LogP contribution in [0.15, 0.2) is 60.8 Å². The number of benzene rings is 2. The highest BCUT2D eigenvalue weighted by Crippen LogP contribution is 2.49. The lowest BCUT2D eigenvalue weighted by molar-refractivity contribution is -0.118. The van der Waals surface area contributed by atoms with Crippen LogP contribution in [0, 0.1) is 0 Å². The van der Waals surface area contributed by atoms with Crippen molar-refractivity contribution in [2.45, 2.75) is 38.5 Å². The van der Waals surface area contributed by atoms with Gasteiger partial charge in [0.2, 0.25) is 17.6 Å². The van der Waals surface area contributed by atoms with E-state index in [0.29, 0.717) is 24.0 Å². The zero-order valence-corrected chi connectivity index (χ0v) is 19.2. The molecule has 4 aromatic rings. The second-order valence-electron chi connectivity index (χ2n) is 8.40. The molecule has 1 aliphatic rings. The van der Waals surface area contributed by atoms with Crippen molar-refractivity contribution in [1.29, 1.82) is 0 Å². The Morgan fingerprint density at radius 2 is 1.97 bits per heavy atom. The number of aryl methyl sites for hydroxylation is 1. The van der Waals surface area contributed by atoms with Gasteiger partial charge in [0.25, 0.3) is 0 Å². The van der Waals surface area contributed by atoms with Crippen molar-refractivity contribution >= 4 is 11.6 Å². The fraction of sp³-hybridized carbons (Fsp3) is 0.269. The quantitative estimate of drug-likeness (QED) is 0.404. The SMILES string of the molecule is CCOc1ccc(-c2ccc(NC(=O)C3(c4cccc(CC)c4)CC3)cc2-c2nn[nH]n2)cn1. The topological polar surface area (TPSA) is 106 Å². The largest absolute Gasteiger partial charge is 0.478 e. The molecule has 0 saturated heterocycles. The summed E-state index contributed by atoms with van der Waals surface area (Å²) in [4.78, 5) is 17.7. The van der Waals surface area contributed by atoms with Gasteiger partial charge in [-0.2, -0.15) is 5.21 Å². The maximum absolute atomic E-state index is 13.4. The zero-order valence-electron chi connectivity index (χ0n) is 19.2. The van der Waals surface area contributed by atoms with Crippen molar-refractivity contribution in [3.05, 3.63) is 71.9 Å². The second kappa shape index (κ2) is 9.05. The molecule has 2 N–H and O–H groups in total. The highest BCUT2D eigenvalue weighted by atomic mass is 16.5. The Morgan fingerprint density at radius 3 is 2.65 bits per heavy atom. The molecule has 2 heterocycles. The minimum atomic E-state index is -0.463. The number of rotatable bonds is 8. The molecule has 1 saturated carbocycles. The van der Waals surface area contributed by atoms with Crippen LogP contribution >= 0.6 is 0 Å². The van der Waals surface area contributed by atoms with Crippen molar-refractivity contribution < 1.29 is 9.53 Å². The summed E-state index contributed by atoms with van der Waals surface area (Å²) in [5.41, 5.74) is 5.06. The number of H-pyrrole nitrogens is 1. The Kier molecular flexibility index (Phi) is 5.79. The lowest BCUT2D eigenvalue weighted by Crippen LogP contribution is -2.28. The number of pyridine rings is 1. The van der Waals surface area contributed by atoms with Crippen LogP contribution in [0.3, 0.4) is 0 Å². The van der Waals surface area contributed by atoms with E-state index in [1.165, 1.54) is 5.56 Å². The number of hydrogen-bond acceptors (Lipinski definition) is 6. The lowest BCUT2D eigenvalue weighted by Gasteiger charge is -2.18. The molecule has 1 fully saturated rings. The monoisotopic (exact) mass is 454 g/mol. The van der Waals surface area contributed by atoms with E-state index in [-0.39, 0.29) is 5.91 Å². The molecule has 2 aromatic carbocycles. The molecule has 172 valence electrons. The highest BCUT2D eigenvalue weighted by Gasteiger charge is 2.51. The minimum absolute atomic E-state index is 0.00954. The van der Waals surface area contributed by atoms with Gasteiger partial charge >= 0.3 is 0 Å². The van der Waals surface area contributed by atoms with Crippen molar-refractivity contribution in [3.63, 3.8) is 0 Å². The average molecular weight is 455 g/mol. The molecule has 5 rings (SSSR count). The molecule has 1 amide bonds. The van der Waals surface area contributed by atoms with Gasteiger partial charge in [-0.05, 0) is 66.3 Å². The number of carbonyl (C=O) groups is 1. The van der Waals surface area contributed by atoms with Gasteiger partial charge in [-0.15, -0.1) is 10.2 Å². The van der Waals surface area contributed by atoms with Crippen LogP contribution in [0.25, 0.3) is 22.5 Å². The van der Waals surface area contributed by atoms with Gasteiger partial charge in [-0.3, -0.25) is 4.79 Å². The molecule has 0 bridgehead atoms. The molecular weight excluding hydrogens is 428 g/mol. The molecule has 1 aliphatic carbocycles. The van der Waals surface area contributed by atoms with E-state index in [1.807, 2.05) is 43.3 Å². The number of hydrogen-bond donors (Lipinski definition) is 2. The molecule has 0 unspecified atom stereocenters. The van der Waals surface area contributed by atoms with Gasteiger partial charge < -0.3 is 10.1 Å². The summed E-state index contributed by atoms with van der Waals surface area (Å²) in [5.74, 6) is 1.02. The van der Waals surface area contributed by atoms with Gasteiger partial charge in [-0.25, -0.2) is 4.98 Å². The standard InChI is InChI=1S/C26H26N6O2/c1-3-17-6-5-7-19(14-17)26(12-13-26)25(33)28-20-9-10-21(22(15-20)24-29-31-32-30-24)18-8-11-23(27-16-18)34-4-2/h5-11,14-16H,3-4,12-13H2,1-2H3,(H,28,33)(H,29,30,31,32). The number of anilines is 1. The molecule has 8 heteroatoms. The van der Waals surface area contributed by atoms with Crippen molar-refractivity contribution in [2.24, 2.45) is 0 Å². The number of amides is 1. The Balaban J connectivity index is 1.45. The molecule has 34 heavy (non-hydrogen) atoms. The van der Waals surface area contributed by atoms with Crippen LogP contribution in [0.2, 0.25) is 0 Å². The maximum atomic E-state index is 13.4. The molecular formula is C26H26N6O2. The van der Waals surface area contributed by atoms with Gasteiger partial charge in [-0.1, -0.05) is 37.3 Å². The third kappa shape index (κ3) is 4.14. The van der Waals surface area contributed by atoms with E-state index in [1.54, 1.807) is 6.20 Å². The third-order valence-electron chi connectivity index (χ3n) is 6.28. The first-order valence-electron chi connectivity index (χ1n) is 11.5.